The Balaban J connectivity index is 1.61. The van der Waals surface area contributed by atoms with Gasteiger partial charge in [-0.1, -0.05) is 0 Å². The largest absolute Gasteiger partial charge is 0.481 e. The number of carbonyl (C=O) groups is 2. The highest BCUT2D eigenvalue weighted by Crippen LogP contribution is 2.18. The molecule has 0 radical (unpaired) electrons. The minimum atomic E-state index is -0.357. The monoisotopic (exact) mass is 319 g/mol. The molecule has 0 bridgehead atoms. The van der Waals surface area contributed by atoms with Crippen LogP contribution in [0.15, 0.2) is 6.07 Å². The molecule has 2 saturated heterocycles. The van der Waals surface area contributed by atoms with Gasteiger partial charge >= 0.3 is 0 Å². The van der Waals surface area contributed by atoms with Crippen molar-refractivity contribution < 1.29 is 14.3 Å². The molecule has 2 aliphatic rings. The van der Waals surface area contributed by atoms with Crippen molar-refractivity contribution in [2.75, 3.05) is 38.2 Å². The Bertz CT molecular complexity index is 613. The fourth-order valence-corrected chi connectivity index (χ4v) is 2.92. The SMILES string of the molecule is COc1cc(C)nc(N2CCN(C(=O)C3CCC(=O)N3)CC2)n1. The zero-order valence-corrected chi connectivity index (χ0v) is 13.4. The number of hydrogen-bond donors (Lipinski definition) is 1. The van der Waals surface area contributed by atoms with E-state index in [1.807, 2.05) is 11.8 Å². The zero-order valence-electron chi connectivity index (χ0n) is 13.4. The Morgan fingerprint density at radius 2 is 2.04 bits per heavy atom. The summed E-state index contributed by atoms with van der Waals surface area (Å²) in [5.41, 5.74) is 0.846. The molecule has 2 amide bonds. The molecule has 23 heavy (non-hydrogen) atoms. The van der Waals surface area contributed by atoms with E-state index in [-0.39, 0.29) is 17.9 Å². The van der Waals surface area contributed by atoms with Gasteiger partial charge in [0.25, 0.3) is 0 Å². The minimum absolute atomic E-state index is 0.0123. The van der Waals surface area contributed by atoms with Crippen LogP contribution in [0.25, 0.3) is 0 Å². The van der Waals surface area contributed by atoms with E-state index in [2.05, 4.69) is 15.3 Å². The van der Waals surface area contributed by atoms with Gasteiger partial charge in [-0.15, -0.1) is 0 Å². The number of hydrogen-bond acceptors (Lipinski definition) is 6. The number of aromatic nitrogens is 2. The fraction of sp³-hybridized carbons (Fsp3) is 0.600. The molecule has 1 atom stereocenters. The summed E-state index contributed by atoms with van der Waals surface area (Å²) < 4.78 is 5.18. The number of rotatable bonds is 3. The Hall–Kier alpha value is -2.38. The van der Waals surface area contributed by atoms with Gasteiger partial charge in [-0.05, 0) is 13.3 Å². The van der Waals surface area contributed by atoms with Crippen molar-refractivity contribution in [1.29, 1.82) is 0 Å². The number of ether oxygens (including phenoxy) is 1. The number of nitrogens with one attached hydrogen (secondary N) is 1. The van der Waals surface area contributed by atoms with E-state index in [1.54, 1.807) is 18.1 Å². The molecule has 3 rings (SSSR count). The predicted molar refractivity (Wildman–Crippen MR) is 83.3 cm³/mol. The van der Waals surface area contributed by atoms with Crippen LogP contribution < -0.4 is 15.0 Å². The first-order valence-corrected chi connectivity index (χ1v) is 7.79. The first-order chi connectivity index (χ1) is 11.1. The Labute approximate surface area is 134 Å². The molecule has 8 nitrogen and oxygen atoms in total. The molecule has 1 unspecified atom stereocenters. The standard InChI is InChI=1S/C15H21N5O3/c1-10-9-13(23-2)18-15(16-10)20-7-5-19(6-8-20)14(22)11-3-4-12(21)17-11/h9,11H,3-8H2,1-2H3,(H,17,21). The summed E-state index contributed by atoms with van der Waals surface area (Å²) in [6.07, 6.45) is 1.03. The van der Waals surface area contributed by atoms with Gasteiger partial charge in [0, 0.05) is 44.4 Å². The van der Waals surface area contributed by atoms with Crippen molar-refractivity contribution in [2.24, 2.45) is 0 Å². The molecule has 8 heteroatoms. The predicted octanol–water partition coefficient (Wildman–Crippen LogP) is -0.279. The molecular formula is C15H21N5O3. The van der Waals surface area contributed by atoms with Gasteiger partial charge in [-0.3, -0.25) is 9.59 Å². The van der Waals surface area contributed by atoms with Gasteiger partial charge in [0.2, 0.25) is 23.6 Å². The summed E-state index contributed by atoms with van der Waals surface area (Å²) >= 11 is 0. The second kappa shape index (κ2) is 6.39. The highest BCUT2D eigenvalue weighted by atomic mass is 16.5. The van der Waals surface area contributed by atoms with Crippen LogP contribution >= 0.6 is 0 Å². The van der Waals surface area contributed by atoms with Crippen molar-refractivity contribution in [3.05, 3.63) is 11.8 Å². The molecular weight excluding hydrogens is 298 g/mol. The summed E-state index contributed by atoms with van der Waals surface area (Å²) in [5, 5.41) is 2.73. The van der Waals surface area contributed by atoms with E-state index in [0.29, 0.717) is 50.8 Å². The van der Waals surface area contributed by atoms with Gasteiger partial charge in [0.05, 0.1) is 7.11 Å². The first kappa shape index (κ1) is 15.5. The minimum Gasteiger partial charge on any atom is -0.481 e. The van der Waals surface area contributed by atoms with Crippen molar-refractivity contribution >= 4 is 17.8 Å². The summed E-state index contributed by atoms with van der Waals surface area (Å²) in [7, 11) is 1.58. The van der Waals surface area contributed by atoms with Crippen LogP contribution in [0.4, 0.5) is 5.95 Å². The highest BCUT2D eigenvalue weighted by molar-refractivity contribution is 5.90. The molecule has 124 valence electrons. The van der Waals surface area contributed by atoms with Gasteiger partial charge in [-0.25, -0.2) is 4.98 Å². The van der Waals surface area contributed by atoms with Crippen LogP contribution in [0.5, 0.6) is 5.88 Å². The number of aryl methyl sites for hydroxylation is 1. The Morgan fingerprint density at radius 1 is 1.30 bits per heavy atom. The molecule has 1 aromatic heterocycles. The van der Waals surface area contributed by atoms with Crippen molar-refractivity contribution in [3.63, 3.8) is 0 Å². The summed E-state index contributed by atoms with van der Waals surface area (Å²) in [5.74, 6) is 1.14. The maximum atomic E-state index is 12.4. The van der Waals surface area contributed by atoms with Gasteiger partial charge in [-0.2, -0.15) is 4.98 Å². The van der Waals surface area contributed by atoms with Crippen LogP contribution in [0, 0.1) is 6.92 Å². The average Bonchev–Trinajstić information content (AvgIpc) is 3.00. The lowest BCUT2D eigenvalue weighted by molar-refractivity contribution is -0.134. The Morgan fingerprint density at radius 3 is 2.65 bits per heavy atom. The molecule has 2 fully saturated rings. The third-order valence-corrected chi connectivity index (χ3v) is 4.20. The van der Waals surface area contributed by atoms with Crippen molar-refractivity contribution in [2.45, 2.75) is 25.8 Å². The number of carbonyl (C=O) groups excluding carboxylic acids is 2. The van der Waals surface area contributed by atoms with Crippen LogP contribution in [0.2, 0.25) is 0 Å². The smallest absolute Gasteiger partial charge is 0.245 e. The van der Waals surface area contributed by atoms with Crippen LogP contribution in [-0.4, -0.2) is 66.0 Å². The average molecular weight is 319 g/mol. The van der Waals surface area contributed by atoms with Crippen LogP contribution in [0.3, 0.4) is 0 Å². The van der Waals surface area contributed by atoms with E-state index < -0.39 is 0 Å². The van der Waals surface area contributed by atoms with Gasteiger partial charge < -0.3 is 19.9 Å². The van der Waals surface area contributed by atoms with Crippen molar-refractivity contribution in [1.82, 2.24) is 20.2 Å². The summed E-state index contributed by atoms with van der Waals surface area (Å²) in [4.78, 5) is 36.3. The van der Waals surface area contributed by atoms with E-state index in [0.717, 1.165) is 5.69 Å². The lowest BCUT2D eigenvalue weighted by Gasteiger charge is -2.36. The Kier molecular flexibility index (Phi) is 4.31. The zero-order chi connectivity index (χ0) is 16.4. The first-order valence-electron chi connectivity index (χ1n) is 7.79. The molecule has 0 spiro atoms. The number of amides is 2. The lowest BCUT2D eigenvalue weighted by Crippen LogP contribution is -2.53. The molecule has 2 aliphatic heterocycles. The molecule has 1 N–H and O–H groups in total. The molecule has 3 heterocycles. The van der Waals surface area contributed by atoms with E-state index in [4.69, 9.17) is 4.74 Å². The normalized spacial score (nSPS) is 21.3. The highest BCUT2D eigenvalue weighted by Gasteiger charge is 2.32. The number of piperazine rings is 1. The summed E-state index contributed by atoms with van der Waals surface area (Å²) in [6.45, 7) is 4.43. The number of nitrogens with zero attached hydrogens (tertiary/aromatic N) is 4. The summed E-state index contributed by atoms with van der Waals surface area (Å²) in [6, 6.07) is 1.43. The molecule has 0 saturated carbocycles. The number of methoxy groups -OCH3 is 1. The molecule has 0 aromatic carbocycles. The lowest BCUT2D eigenvalue weighted by atomic mass is 10.2. The maximum absolute atomic E-state index is 12.4. The molecule has 1 aromatic rings. The second-order valence-electron chi connectivity index (χ2n) is 5.82. The number of anilines is 1. The quantitative estimate of drug-likeness (QED) is 0.824. The van der Waals surface area contributed by atoms with Crippen LogP contribution in [0.1, 0.15) is 18.5 Å². The van der Waals surface area contributed by atoms with Gasteiger partial charge in [0.1, 0.15) is 6.04 Å². The fourth-order valence-electron chi connectivity index (χ4n) is 2.92. The topological polar surface area (TPSA) is 87.7 Å². The molecule has 0 aliphatic carbocycles. The van der Waals surface area contributed by atoms with Crippen molar-refractivity contribution in [3.8, 4) is 5.88 Å². The van der Waals surface area contributed by atoms with E-state index in [9.17, 15) is 9.59 Å². The van der Waals surface area contributed by atoms with E-state index >= 15 is 0 Å². The third-order valence-electron chi connectivity index (χ3n) is 4.20. The van der Waals surface area contributed by atoms with E-state index in [1.165, 1.54) is 0 Å². The third kappa shape index (κ3) is 3.35. The van der Waals surface area contributed by atoms with Crippen LogP contribution in [-0.2, 0) is 9.59 Å². The van der Waals surface area contributed by atoms with Gasteiger partial charge in [0.15, 0.2) is 0 Å². The maximum Gasteiger partial charge on any atom is 0.245 e. The second-order valence-corrected chi connectivity index (χ2v) is 5.82.